The zero-order chi connectivity index (χ0) is 25.0. The van der Waals surface area contributed by atoms with Gasteiger partial charge in [-0.2, -0.15) is 0 Å². The van der Waals surface area contributed by atoms with E-state index in [9.17, 15) is 19.8 Å². The molecule has 2 N–H and O–H groups in total. The lowest BCUT2D eigenvalue weighted by molar-refractivity contribution is -0.0396. The van der Waals surface area contributed by atoms with Crippen LogP contribution in [0.1, 0.15) is 96.1 Å². The second-order valence-electron chi connectivity index (χ2n) is 11.9. The number of hydrogen-bond donors (Lipinski definition) is 2. The highest BCUT2D eigenvalue weighted by molar-refractivity contribution is 6.21. The maximum Gasteiger partial charge on any atom is 0.261 e. The van der Waals surface area contributed by atoms with E-state index in [1.807, 2.05) is 24.3 Å². The summed E-state index contributed by atoms with van der Waals surface area (Å²) in [6.45, 7) is 2.80. The fraction of sp³-hybridized carbons (Fsp3) is 0.548. The van der Waals surface area contributed by atoms with Crippen molar-refractivity contribution in [1.82, 2.24) is 4.90 Å². The number of carbonyl (C=O) groups is 2. The molecule has 1 aliphatic heterocycles. The van der Waals surface area contributed by atoms with Crippen LogP contribution in [0.5, 0.6) is 5.75 Å². The number of unbranched alkanes of at least 4 members (excludes halogenated alkanes) is 2. The molecule has 190 valence electrons. The Balaban J connectivity index is 1.12. The molecule has 2 fully saturated rings. The number of carbonyl (C=O) groups excluding carboxylic acids is 2. The Morgan fingerprint density at radius 2 is 1.72 bits per heavy atom. The number of imide groups is 1. The van der Waals surface area contributed by atoms with Gasteiger partial charge < -0.3 is 10.2 Å². The summed E-state index contributed by atoms with van der Waals surface area (Å²) >= 11 is 0. The molecule has 0 spiro atoms. The van der Waals surface area contributed by atoms with E-state index in [0.29, 0.717) is 47.1 Å². The van der Waals surface area contributed by atoms with E-state index in [1.165, 1.54) is 16.0 Å². The molecule has 2 amide bonds. The minimum Gasteiger partial charge on any atom is -0.508 e. The van der Waals surface area contributed by atoms with Gasteiger partial charge in [0.15, 0.2) is 0 Å². The van der Waals surface area contributed by atoms with Crippen LogP contribution in [0.2, 0.25) is 0 Å². The predicted molar refractivity (Wildman–Crippen MR) is 138 cm³/mol. The van der Waals surface area contributed by atoms with Crippen LogP contribution in [0, 0.1) is 23.2 Å². The van der Waals surface area contributed by atoms with Crippen LogP contribution >= 0.6 is 0 Å². The normalized spacial score (nSPS) is 32.7. The Morgan fingerprint density at radius 3 is 2.47 bits per heavy atom. The van der Waals surface area contributed by atoms with E-state index in [-0.39, 0.29) is 23.3 Å². The Labute approximate surface area is 213 Å². The fourth-order valence-corrected chi connectivity index (χ4v) is 8.33. The molecule has 5 heteroatoms. The molecule has 5 nitrogen and oxygen atoms in total. The molecule has 2 saturated carbocycles. The van der Waals surface area contributed by atoms with E-state index in [1.54, 1.807) is 12.1 Å². The monoisotopic (exact) mass is 487 g/mol. The number of fused-ring (bicyclic) bond motifs is 6. The van der Waals surface area contributed by atoms with Crippen molar-refractivity contribution in [2.24, 2.45) is 23.2 Å². The van der Waals surface area contributed by atoms with Gasteiger partial charge in [-0.25, -0.2) is 0 Å². The molecule has 0 aromatic heterocycles. The minimum absolute atomic E-state index is 0.0271. The maximum absolute atomic E-state index is 12.6. The smallest absolute Gasteiger partial charge is 0.261 e. The summed E-state index contributed by atoms with van der Waals surface area (Å²) in [5, 5.41) is 21.0. The Hall–Kier alpha value is -2.66. The highest BCUT2D eigenvalue weighted by Gasteiger charge is 2.56. The number of aliphatic hydroxyl groups is 1. The van der Waals surface area contributed by atoms with Gasteiger partial charge in [0.1, 0.15) is 5.75 Å². The summed E-state index contributed by atoms with van der Waals surface area (Å²) in [6, 6.07) is 13.1. The van der Waals surface area contributed by atoms with Gasteiger partial charge >= 0.3 is 0 Å². The van der Waals surface area contributed by atoms with Crippen LogP contribution in [0.25, 0.3) is 0 Å². The Bertz CT molecular complexity index is 1160. The maximum atomic E-state index is 12.6. The molecule has 1 heterocycles. The lowest BCUT2D eigenvalue weighted by atomic mass is 9.52. The van der Waals surface area contributed by atoms with E-state index >= 15 is 0 Å². The summed E-state index contributed by atoms with van der Waals surface area (Å²) in [6.07, 6.45) is 9.01. The van der Waals surface area contributed by atoms with E-state index < -0.39 is 0 Å². The van der Waals surface area contributed by atoms with Crippen LogP contribution in [0.4, 0.5) is 0 Å². The number of hydrogen-bond acceptors (Lipinski definition) is 4. The summed E-state index contributed by atoms with van der Waals surface area (Å²) in [5.41, 5.74) is 3.80. The number of aliphatic hydroxyl groups excluding tert-OH is 1. The lowest BCUT2D eigenvalue weighted by Gasteiger charge is -2.53. The molecule has 0 saturated heterocycles. The average Bonchev–Trinajstić information content (AvgIpc) is 3.31. The molecule has 0 radical (unpaired) electrons. The van der Waals surface area contributed by atoms with Crippen LogP contribution in [-0.2, 0) is 6.42 Å². The molecule has 2 aromatic rings. The quantitative estimate of drug-likeness (QED) is 0.405. The topological polar surface area (TPSA) is 77.8 Å². The zero-order valence-corrected chi connectivity index (χ0v) is 21.2. The first kappa shape index (κ1) is 23.7. The first-order valence-electron chi connectivity index (χ1n) is 13.8. The highest BCUT2D eigenvalue weighted by atomic mass is 16.3. The number of amides is 2. The van der Waals surface area contributed by atoms with Crippen LogP contribution in [-0.4, -0.2) is 39.6 Å². The van der Waals surface area contributed by atoms with Gasteiger partial charge in [0.25, 0.3) is 11.8 Å². The molecule has 4 aliphatic rings. The van der Waals surface area contributed by atoms with Crippen molar-refractivity contribution in [3.8, 4) is 5.75 Å². The van der Waals surface area contributed by atoms with Gasteiger partial charge in [-0.3, -0.25) is 14.5 Å². The third-order valence-corrected chi connectivity index (χ3v) is 10.2. The highest BCUT2D eigenvalue weighted by Crippen LogP contribution is 2.62. The fourth-order valence-electron chi connectivity index (χ4n) is 8.33. The molecule has 0 bridgehead atoms. The number of benzene rings is 2. The standard InChI is InChI=1S/C31H37NO4/c1-31-15-14-23-22-11-10-21(33)18-20(22)17-19(28(23)26(31)12-13-27(31)34)7-3-2-6-16-32-29(35)24-8-4-5-9-25(24)30(32)36/h4-5,8-11,18-19,23,26-28,33-34H,2-3,6-7,12-17H2,1H3/t19-,23-,26+,27+,28-,31+/m1/s1. The molecular weight excluding hydrogens is 450 g/mol. The summed E-state index contributed by atoms with van der Waals surface area (Å²) in [5.74, 6) is 2.21. The summed E-state index contributed by atoms with van der Waals surface area (Å²) in [4.78, 5) is 26.7. The first-order valence-corrected chi connectivity index (χ1v) is 13.8. The van der Waals surface area contributed by atoms with E-state index in [0.717, 1.165) is 57.8 Å². The predicted octanol–water partition coefficient (Wildman–Crippen LogP) is 5.69. The molecule has 2 aromatic carbocycles. The van der Waals surface area contributed by atoms with Crippen LogP contribution < -0.4 is 0 Å². The number of aromatic hydroxyl groups is 1. The number of nitrogens with zero attached hydrogens (tertiary/aromatic N) is 1. The van der Waals surface area contributed by atoms with Crippen molar-refractivity contribution in [3.05, 3.63) is 64.7 Å². The molecule has 6 rings (SSSR count). The molecular formula is C31H37NO4. The van der Waals surface area contributed by atoms with Gasteiger partial charge in [-0.05, 0) is 109 Å². The summed E-state index contributed by atoms with van der Waals surface area (Å²) < 4.78 is 0. The third-order valence-electron chi connectivity index (χ3n) is 10.2. The third kappa shape index (κ3) is 3.70. The van der Waals surface area contributed by atoms with Crippen molar-refractivity contribution in [1.29, 1.82) is 0 Å². The van der Waals surface area contributed by atoms with Gasteiger partial charge in [0.05, 0.1) is 17.2 Å². The van der Waals surface area contributed by atoms with E-state index in [4.69, 9.17) is 0 Å². The largest absolute Gasteiger partial charge is 0.508 e. The number of phenols is 1. The van der Waals surface area contributed by atoms with Crippen molar-refractivity contribution in [3.63, 3.8) is 0 Å². The van der Waals surface area contributed by atoms with Gasteiger partial charge in [-0.1, -0.05) is 38.0 Å². The lowest BCUT2D eigenvalue weighted by Crippen LogP contribution is -2.47. The zero-order valence-electron chi connectivity index (χ0n) is 21.2. The molecule has 0 unspecified atom stereocenters. The van der Waals surface area contributed by atoms with Crippen molar-refractivity contribution < 1.29 is 19.8 Å². The first-order chi connectivity index (χ1) is 17.4. The van der Waals surface area contributed by atoms with Crippen molar-refractivity contribution in [2.45, 2.75) is 76.7 Å². The Kier molecular flexibility index (Phi) is 5.94. The van der Waals surface area contributed by atoms with Gasteiger partial charge in [-0.15, -0.1) is 0 Å². The average molecular weight is 488 g/mol. The number of phenolic OH excluding ortho intramolecular Hbond substituents is 1. The van der Waals surface area contributed by atoms with Crippen LogP contribution in [0.15, 0.2) is 42.5 Å². The van der Waals surface area contributed by atoms with Gasteiger partial charge in [0, 0.05) is 6.54 Å². The Morgan fingerprint density at radius 1 is 0.972 bits per heavy atom. The van der Waals surface area contributed by atoms with Gasteiger partial charge in [0.2, 0.25) is 0 Å². The van der Waals surface area contributed by atoms with Crippen LogP contribution in [0.3, 0.4) is 0 Å². The molecule has 6 atom stereocenters. The SMILES string of the molecule is C[C@]12CC[C@@H]3c4ccc(O)cc4C[C@@H](CCCCCN4C(=O)c5ccccc5C4=O)[C@H]3[C@@H]1CC[C@@H]2O. The second kappa shape index (κ2) is 9.02. The van der Waals surface area contributed by atoms with Crippen molar-refractivity contribution >= 4 is 11.8 Å². The number of rotatable bonds is 6. The molecule has 3 aliphatic carbocycles. The second-order valence-corrected chi connectivity index (χ2v) is 11.9. The summed E-state index contributed by atoms with van der Waals surface area (Å²) in [7, 11) is 0. The van der Waals surface area contributed by atoms with E-state index in [2.05, 4.69) is 13.0 Å². The molecule has 36 heavy (non-hydrogen) atoms. The minimum atomic E-state index is -0.190. The van der Waals surface area contributed by atoms with Crippen molar-refractivity contribution in [2.75, 3.05) is 6.54 Å².